The number of carboxylic acids is 1. The summed E-state index contributed by atoms with van der Waals surface area (Å²) in [5, 5.41) is 9.21. The van der Waals surface area contributed by atoms with Crippen LogP contribution in [0.3, 0.4) is 0 Å². The summed E-state index contributed by atoms with van der Waals surface area (Å²) in [4.78, 5) is 11.1. The van der Waals surface area contributed by atoms with E-state index in [1.807, 2.05) is 0 Å². The van der Waals surface area contributed by atoms with Gasteiger partial charge in [0.25, 0.3) is 0 Å². The Morgan fingerprint density at radius 1 is 1.21 bits per heavy atom. The Balaban J connectivity index is 2.48. The van der Waals surface area contributed by atoms with Crippen molar-refractivity contribution in [1.29, 1.82) is 0 Å². The molecule has 0 saturated carbocycles. The van der Waals surface area contributed by atoms with Gasteiger partial charge in [-0.25, -0.2) is 16.8 Å². The lowest BCUT2D eigenvalue weighted by atomic mass is 9.92. The molecule has 1 saturated heterocycles. The zero-order valence-corrected chi connectivity index (χ0v) is 15.4. The minimum absolute atomic E-state index is 0.0773. The molecule has 1 aliphatic heterocycles. The Labute approximate surface area is 142 Å². The molecule has 1 N–H and O–H groups in total. The third-order valence-corrected chi connectivity index (χ3v) is 7.26. The van der Waals surface area contributed by atoms with Crippen molar-refractivity contribution in [2.75, 3.05) is 19.3 Å². The molecule has 0 radical (unpaired) electrons. The number of sulfonamides is 1. The van der Waals surface area contributed by atoms with Crippen molar-refractivity contribution in [3.05, 3.63) is 23.8 Å². The molecule has 0 spiro atoms. The normalized spacial score (nSPS) is 23.1. The number of rotatable bonds is 4. The van der Waals surface area contributed by atoms with E-state index in [0.717, 1.165) is 16.6 Å². The largest absolute Gasteiger partial charge is 0.481 e. The van der Waals surface area contributed by atoms with Gasteiger partial charge in [-0.2, -0.15) is 4.31 Å². The Bertz CT molecular complexity index is 860. The van der Waals surface area contributed by atoms with Crippen LogP contribution in [-0.2, 0) is 24.7 Å². The Kier molecular flexibility index (Phi) is 5.08. The molecule has 2 rings (SSSR count). The maximum absolute atomic E-state index is 12.9. The first-order valence-electron chi connectivity index (χ1n) is 7.46. The molecular weight excluding hydrogens is 354 g/mol. The van der Waals surface area contributed by atoms with Crippen LogP contribution in [-0.4, -0.2) is 51.6 Å². The number of nitrogens with zero attached hydrogens (tertiary/aromatic N) is 1. The number of aliphatic carboxylic acids is 1. The van der Waals surface area contributed by atoms with Gasteiger partial charge in [0.1, 0.15) is 0 Å². The number of carbonyl (C=O) groups is 1. The van der Waals surface area contributed by atoms with Crippen LogP contribution in [0.15, 0.2) is 28.0 Å². The quantitative estimate of drug-likeness (QED) is 0.845. The Morgan fingerprint density at radius 3 is 2.38 bits per heavy atom. The molecular formula is C15H21NO6S2. The van der Waals surface area contributed by atoms with Crippen molar-refractivity contribution in [3.63, 3.8) is 0 Å². The van der Waals surface area contributed by atoms with Crippen LogP contribution >= 0.6 is 0 Å². The molecule has 0 bridgehead atoms. The second-order valence-electron chi connectivity index (χ2n) is 6.40. The highest BCUT2D eigenvalue weighted by atomic mass is 32.2. The minimum atomic E-state index is -3.97. The van der Waals surface area contributed by atoms with Gasteiger partial charge in [-0.1, -0.05) is 13.0 Å². The van der Waals surface area contributed by atoms with Gasteiger partial charge in [-0.15, -0.1) is 0 Å². The summed E-state index contributed by atoms with van der Waals surface area (Å²) in [5.41, 5.74) is 0.424. The molecule has 0 aromatic heterocycles. The van der Waals surface area contributed by atoms with E-state index in [0.29, 0.717) is 12.0 Å². The molecule has 134 valence electrons. The van der Waals surface area contributed by atoms with Gasteiger partial charge in [0.05, 0.1) is 15.7 Å². The Hall–Kier alpha value is -1.45. The van der Waals surface area contributed by atoms with Crippen molar-refractivity contribution in [2.45, 2.75) is 30.1 Å². The van der Waals surface area contributed by atoms with Gasteiger partial charge in [0.2, 0.25) is 10.0 Å². The average molecular weight is 375 g/mol. The van der Waals surface area contributed by atoms with Gasteiger partial charge >= 0.3 is 5.97 Å². The summed E-state index contributed by atoms with van der Waals surface area (Å²) in [6, 6.07) is 3.96. The molecule has 1 aromatic carbocycles. The third-order valence-electron chi connectivity index (χ3n) is 4.18. The van der Waals surface area contributed by atoms with E-state index < -0.39 is 31.7 Å². The zero-order chi connectivity index (χ0) is 18.3. The summed E-state index contributed by atoms with van der Waals surface area (Å²) in [5.74, 6) is -1.88. The minimum Gasteiger partial charge on any atom is -0.481 e. The van der Waals surface area contributed by atoms with Gasteiger partial charge < -0.3 is 5.11 Å². The number of piperidine rings is 1. The second kappa shape index (κ2) is 6.45. The highest BCUT2D eigenvalue weighted by molar-refractivity contribution is 7.91. The lowest BCUT2D eigenvalue weighted by molar-refractivity contribution is -0.143. The third kappa shape index (κ3) is 3.79. The first kappa shape index (κ1) is 18.9. The number of hydrogen-bond donors (Lipinski definition) is 1. The van der Waals surface area contributed by atoms with E-state index in [4.69, 9.17) is 0 Å². The van der Waals surface area contributed by atoms with E-state index >= 15 is 0 Å². The van der Waals surface area contributed by atoms with Gasteiger partial charge in [-0.3, -0.25) is 4.79 Å². The van der Waals surface area contributed by atoms with Crippen LogP contribution in [0.1, 0.15) is 18.9 Å². The van der Waals surface area contributed by atoms with E-state index in [1.165, 1.54) is 12.1 Å². The topological polar surface area (TPSA) is 109 Å². The summed E-state index contributed by atoms with van der Waals surface area (Å²) in [6.07, 6.45) is 1.43. The number of aryl methyl sites for hydroxylation is 1. The summed E-state index contributed by atoms with van der Waals surface area (Å²) >= 11 is 0. The van der Waals surface area contributed by atoms with Crippen molar-refractivity contribution in [3.8, 4) is 0 Å². The fraction of sp³-hybridized carbons (Fsp3) is 0.533. The lowest BCUT2D eigenvalue weighted by Crippen LogP contribution is -2.45. The smallest absolute Gasteiger partial charge is 0.307 e. The van der Waals surface area contributed by atoms with E-state index in [-0.39, 0.29) is 28.8 Å². The van der Waals surface area contributed by atoms with Crippen LogP contribution in [0.2, 0.25) is 0 Å². The zero-order valence-electron chi connectivity index (χ0n) is 13.8. The van der Waals surface area contributed by atoms with Gasteiger partial charge in [0.15, 0.2) is 9.84 Å². The first-order chi connectivity index (χ1) is 10.9. The number of carboxylic acid groups (broad SMARTS) is 1. The van der Waals surface area contributed by atoms with Gasteiger partial charge in [-0.05, 0) is 37.0 Å². The molecule has 0 amide bonds. The molecule has 7 nitrogen and oxygen atoms in total. The molecule has 1 fully saturated rings. The number of hydrogen-bond acceptors (Lipinski definition) is 5. The van der Waals surface area contributed by atoms with E-state index in [1.54, 1.807) is 13.8 Å². The fourth-order valence-corrected chi connectivity index (χ4v) is 5.48. The van der Waals surface area contributed by atoms with Crippen LogP contribution in [0.5, 0.6) is 0 Å². The maximum atomic E-state index is 12.9. The predicted molar refractivity (Wildman–Crippen MR) is 88.0 cm³/mol. The van der Waals surface area contributed by atoms with E-state index in [2.05, 4.69) is 0 Å². The monoisotopic (exact) mass is 375 g/mol. The molecule has 24 heavy (non-hydrogen) atoms. The van der Waals surface area contributed by atoms with Crippen LogP contribution in [0.25, 0.3) is 0 Å². The predicted octanol–water partition coefficient (Wildman–Crippen LogP) is 1.13. The van der Waals surface area contributed by atoms with Crippen molar-refractivity contribution in [1.82, 2.24) is 4.31 Å². The molecule has 2 atom stereocenters. The van der Waals surface area contributed by atoms with Crippen molar-refractivity contribution < 1.29 is 26.7 Å². The molecule has 1 aliphatic rings. The highest BCUT2D eigenvalue weighted by Gasteiger charge is 2.37. The van der Waals surface area contributed by atoms with Crippen LogP contribution in [0.4, 0.5) is 0 Å². The van der Waals surface area contributed by atoms with Crippen molar-refractivity contribution >= 4 is 25.8 Å². The molecule has 1 aromatic rings. The summed E-state index contributed by atoms with van der Waals surface area (Å²) in [7, 11) is -7.51. The standard InChI is InChI=1S/C15H21NO6S2/c1-10-6-12(15(17)18)9-16(8-10)24(21,22)14-7-13(23(3,19)20)5-4-11(14)2/h4-5,7,10,12H,6,8-9H2,1-3H3,(H,17,18). The van der Waals surface area contributed by atoms with Crippen molar-refractivity contribution in [2.24, 2.45) is 11.8 Å². The fourth-order valence-electron chi connectivity index (χ4n) is 2.91. The molecule has 2 unspecified atom stereocenters. The highest BCUT2D eigenvalue weighted by Crippen LogP contribution is 2.29. The Morgan fingerprint density at radius 2 is 1.83 bits per heavy atom. The molecule has 0 aliphatic carbocycles. The lowest BCUT2D eigenvalue weighted by Gasteiger charge is -2.34. The van der Waals surface area contributed by atoms with Gasteiger partial charge in [0, 0.05) is 19.3 Å². The first-order valence-corrected chi connectivity index (χ1v) is 10.8. The summed E-state index contributed by atoms with van der Waals surface area (Å²) in [6.45, 7) is 3.50. The SMILES string of the molecule is Cc1ccc(S(C)(=O)=O)cc1S(=O)(=O)N1CC(C)CC(C(=O)O)C1. The van der Waals surface area contributed by atoms with Crippen LogP contribution < -0.4 is 0 Å². The number of benzene rings is 1. The number of sulfone groups is 1. The molecule has 9 heteroatoms. The van der Waals surface area contributed by atoms with E-state index in [9.17, 15) is 26.7 Å². The average Bonchev–Trinajstić information content (AvgIpc) is 2.45. The maximum Gasteiger partial charge on any atom is 0.307 e. The van der Waals surface area contributed by atoms with Crippen LogP contribution in [0, 0.1) is 18.8 Å². The summed E-state index contributed by atoms with van der Waals surface area (Å²) < 4.78 is 50.4. The molecule has 1 heterocycles. The second-order valence-corrected chi connectivity index (χ2v) is 10.3.